The number of hydrogen-bond donors (Lipinski definition) is 3. The Balaban J connectivity index is 1.50. The number of H-pyrrole nitrogens is 1. The fourth-order valence-corrected chi connectivity index (χ4v) is 3.65. The molecule has 4 N–H and O–H groups in total. The van der Waals surface area contributed by atoms with Gasteiger partial charge in [0.1, 0.15) is 24.7 Å². The predicted octanol–water partition coefficient (Wildman–Crippen LogP) is 1.77. The number of piperidine rings is 1. The molecular weight excluding hydrogens is 475 g/mol. The molecule has 0 aliphatic carbocycles. The van der Waals surface area contributed by atoms with Crippen LogP contribution in [0.1, 0.15) is 39.5 Å². The van der Waals surface area contributed by atoms with Crippen molar-refractivity contribution in [2.45, 2.75) is 25.8 Å². The standard InChI is InChI=1S/C20H26Cl2N6O5/c1-11-15(21)16(22)17(24-11)19(30)25-12-3-5-28(6-4-12)10-33-14-9-13(18(23)29)26-20(27-14)32-8-7-31-2/h9,12,24H,3-8,10H2,1-2H3,(H2,23,29)(H,25,30). The van der Waals surface area contributed by atoms with Crippen LogP contribution in [0.3, 0.4) is 0 Å². The Kier molecular flexibility index (Phi) is 8.73. The van der Waals surface area contributed by atoms with Crippen LogP contribution in [0, 0.1) is 6.92 Å². The highest BCUT2D eigenvalue weighted by Gasteiger charge is 2.24. The van der Waals surface area contributed by atoms with E-state index in [1.807, 2.05) is 0 Å². The molecule has 2 amide bonds. The molecule has 3 heterocycles. The van der Waals surface area contributed by atoms with Gasteiger partial charge in [-0.05, 0) is 19.8 Å². The predicted molar refractivity (Wildman–Crippen MR) is 121 cm³/mol. The third-order valence-corrected chi connectivity index (χ3v) is 6.00. The van der Waals surface area contributed by atoms with Crippen LogP contribution in [0.4, 0.5) is 0 Å². The smallest absolute Gasteiger partial charge is 0.320 e. The molecule has 0 saturated carbocycles. The van der Waals surface area contributed by atoms with Crippen LogP contribution in [-0.4, -0.2) is 77.9 Å². The number of carbonyl (C=O) groups excluding carboxylic acids is 2. The van der Waals surface area contributed by atoms with Crippen molar-refractivity contribution in [3.8, 4) is 11.9 Å². The van der Waals surface area contributed by atoms with E-state index in [4.69, 9.17) is 43.1 Å². The van der Waals surface area contributed by atoms with E-state index in [1.54, 1.807) is 14.0 Å². The average Bonchev–Trinajstić information content (AvgIpc) is 3.06. The summed E-state index contributed by atoms with van der Waals surface area (Å²) in [5.41, 5.74) is 6.24. The van der Waals surface area contributed by atoms with Gasteiger partial charge in [0.15, 0.2) is 0 Å². The van der Waals surface area contributed by atoms with Gasteiger partial charge in [-0.15, -0.1) is 0 Å². The molecule has 1 aliphatic heterocycles. The first-order chi connectivity index (χ1) is 15.8. The number of methoxy groups -OCH3 is 1. The van der Waals surface area contributed by atoms with Crippen LogP contribution in [0.25, 0.3) is 0 Å². The largest absolute Gasteiger partial charge is 0.461 e. The lowest BCUT2D eigenvalue weighted by atomic mass is 10.1. The molecule has 0 unspecified atom stereocenters. The molecule has 2 aromatic heterocycles. The van der Waals surface area contributed by atoms with E-state index in [0.29, 0.717) is 30.4 Å². The lowest BCUT2D eigenvalue weighted by molar-refractivity contribution is 0.0795. The number of rotatable bonds is 10. The first-order valence-electron chi connectivity index (χ1n) is 10.3. The highest BCUT2D eigenvalue weighted by molar-refractivity contribution is 6.44. The molecule has 0 spiro atoms. The van der Waals surface area contributed by atoms with Gasteiger partial charge in [-0.1, -0.05) is 23.2 Å². The summed E-state index contributed by atoms with van der Waals surface area (Å²) in [6, 6.07) is 1.35. The van der Waals surface area contributed by atoms with E-state index in [0.717, 1.165) is 12.8 Å². The summed E-state index contributed by atoms with van der Waals surface area (Å²) >= 11 is 12.2. The second kappa shape index (κ2) is 11.5. The molecule has 2 aromatic rings. The van der Waals surface area contributed by atoms with Crippen LogP contribution in [0.15, 0.2) is 6.07 Å². The summed E-state index contributed by atoms with van der Waals surface area (Å²) in [6.07, 6.45) is 1.45. The lowest BCUT2D eigenvalue weighted by Gasteiger charge is -2.31. The normalized spacial score (nSPS) is 14.8. The number of aryl methyl sites for hydroxylation is 1. The van der Waals surface area contributed by atoms with Crippen LogP contribution >= 0.6 is 23.2 Å². The van der Waals surface area contributed by atoms with Crippen molar-refractivity contribution in [1.82, 2.24) is 25.2 Å². The second-order valence-corrected chi connectivity index (χ2v) is 8.23. The first-order valence-corrected chi connectivity index (χ1v) is 11.0. The molecule has 33 heavy (non-hydrogen) atoms. The number of nitrogens with zero attached hydrogens (tertiary/aromatic N) is 3. The van der Waals surface area contributed by atoms with Crippen molar-refractivity contribution in [3.63, 3.8) is 0 Å². The third-order valence-electron chi connectivity index (χ3n) is 5.05. The molecule has 13 heteroatoms. The van der Waals surface area contributed by atoms with E-state index in [9.17, 15) is 9.59 Å². The molecule has 0 atom stereocenters. The fraction of sp³-hybridized carbons (Fsp3) is 0.500. The minimum Gasteiger partial charge on any atom is -0.461 e. The number of nitrogens with one attached hydrogen (secondary N) is 2. The zero-order chi connectivity index (χ0) is 24.0. The van der Waals surface area contributed by atoms with Crippen LogP contribution in [0.5, 0.6) is 11.9 Å². The topological polar surface area (TPSA) is 145 Å². The van der Waals surface area contributed by atoms with Crippen molar-refractivity contribution in [2.24, 2.45) is 5.73 Å². The molecule has 1 fully saturated rings. The highest BCUT2D eigenvalue weighted by Crippen LogP contribution is 2.29. The van der Waals surface area contributed by atoms with Crippen LogP contribution < -0.4 is 20.5 Å². The number of hydrogen-bond acceptors (Lipinski definition) is 8. The van der Waals surface area contributed by atoms with E-state index < -0.39 is 5.91 Å². The van der Waals surface area contributed by atoms with Crippen molar-refractivity contribution < 1.29 is 23.8 Å². The zero-order valence-corrected chi connectivity index (χ0v) is 19.8. The summed E-state index contributed by atoms with van der Waals surface area (Å²) in [5.74, 6) is -0.824. The van der Waals surface area contributed by atoms with Gasteiger partial charge in [-0.3, -0.25) is 14.5 Å². The number of aromatic amines is 1. The minimum atomic E-state index is -0.714. The number of nitrogens with two attached hydrogens (primary N) is 1. The molecule has 0 bridgehead atoms. The Morgan fingerprint density at radius 2 is 1.94 bits per heavy atom. The summed E-state index contributed by atoms with van der Waals surface area (Å²) in [7, 11) is 1.54. The van der Waals surface area contributed by atoms with Crippen molar-refractivity contribution in [3.05, 3.63) is 33.2 Å². The Hall–Kier alpha value is -2.60. The highest BCUT2D eigenvalue weighted by atomic mass is 35.5. The second-order valence-electron chi connectivity index (χ2n) is 7.47. The number of halogens is 2. The van der Waals surface area contributed by atoms with Crippen LogP contribution in [-0.2, 0) is 4.74 Å². The molecule has 0 aromatic carbocycles. The summed E-state index contributed by atoms with van der Waals surface area (Å²) in [5, 5.41) is 3.56. The SMILES string of the molecule is COCCOc1nc(OCN2CCC(NC(=O)c3[nH]c(C)c(Cl)c3Cl)CC2)cc(C(N)=O)n1. The van der Waals surface area contributed by atoms with Crippen molar-refractivity contribution in [1.29, 1.82) is 0 Å². The first kappa shape index (κ1) is 25.0. The number of aromatic nitrogens is 3. The maximum atomic E-state index is 12.5. The van der Waals surface area contributed by atoms with E-state index >= 15 is 0 Å². The number of likely N-dealkylation sites (tertiary alicyclic amines) is 1. The molecule has 1 aliphatic rings. The lowest BCUT2D eigenvalue weighted by Crippen LogP contribution is -2.45. The van der Waals surface area contributed by atoms with Gasteiger partial charge in [0.05, 0.1) is 16.7 Å². The van der Waals surface area contributed by atoms with E-state index in [2.05, 4.69) is 25.2 Å². The van der Waals surface area contributed by atoms with Crippen LogP contribution in [0.2, 0.25) is 10.0 Å². The number of ether oxygens (including phenoxy) is 3. The summed E-state index contributed by atoms with van der Waals surface area (Å²) < 4.78 is 16.0. The van der Waals surface area contributed by atoms with Gasteiger partial charge in [0.2, 0.25) is 5.88 Å². The Bertz CT molecular complexity index is 994. The van der Waals surface area contributed by atoms with Gasteiger partial charge >= 0.3 is 6.01 Å². The maximum absolute atomic E-state index is 12.5. The quantitative estimate of drug-likeness (QED) is 0.418. The van der Waals surface area contributed by atoms with Crippen molar-refractivity contribution >= 4 is 35.0 Å². The molecule has 3 rings (SSSR count). The van der Waals surface area contributed by atoms with Gasteiger partial charge in [-0.25, -0.2) is 0 Å². The maximum Gasteiger partial charge on any atom is 0.320 e. The van der Waals surface area contributed by atoms with Gasteiger partial charge < -0.3 is 30.2 Å². The monoisotopic (exact) mass is 500 g/mol. The molecule has 1 saturated heterocycles. The van der Waals surface area contributed by atoms with E-state index in [-0.39, 0.29) is 53.6 Å². The molecule has 11 nitrogen and oxygen atoms in total. The number of amides is 2. The Morgan fingerprint density at radius 3 is 2.55 bits per heavy atom. The number of primary amides is 1. The Morgan fingerprint density at radius 1 is 1.21 bits per heavy atom. The fourth-order valence-electron chi connectivity index (χ4n) is 3.23. The minimum absolute atomic E-state index is 0.00602. The molecular formula is C20H26Cl2N6O5. The Labute approximate surface area is 200 Å². The summed E-state index contributed by atoms with van der Waals surface area (Å²) in [6.45, 7) is 3.93. The molecule has 0 radical (unpaired) electrons. The number of carbonyl (C=O) groups is 2. The van der Waals surface area contributed by atoms with Gasteiger partial charge in [0, 0.05) is 38.0 Å². The third kappa shape index (κ3) is 6.70. The average molecular weight is 501 g/mol. The zero-order valence-electron chi connectivity index (χ0n) is 18.3. The molecule has 180 valence electrons. The summed E-state index contributed by atoms with van der Waals surface area (Å²) in [4.78, 5) is 37.1. The van der Waals surface area contributed by atoms with Crippen molar-refractivity contribution in [2.75, 3.05) is 40.1 Å². The van der Waals surface area contributed by atoms with Gasteiger partial charge in [-0.2, -0.15) is 9.97 Å². The van der Waals surface area contributed by atoms with Gasteiger partial charge in [0.25, 0.3) is 11.8 Å². The van der Waals surface area contributed by atoms with E-state index in [1.165, 1.54) is 6.07 Å².